The monoisotopic (exact) mass is 298 g/mol. The molecule has 0 aliphatic heterocycles. The van der Waals surface area contributed by atoms with E-state index < -0.39 is 11.7 Å². The number of carbonyl (C=O) groups excluding carboxylic acids is 1. The Hall–Kier alpha value is -1.78. The van der Waals surface area contributed by atoms with Gasteiger partial charge in [0.2, 0.25) is 0 Å². The van der Waals surface area contributed by atoms with Crippen molar-refractivity contribution in [2.75, 3.05) is 11.1 Å². The molecule has 0 unspecified atom stereocenters. The van der Waals surface area contributed by atoms with Gasteiger partial charge in [0.15, 0.2) is 0 Å². The first-order valence-electron chi connectivity index (χ1n) is 5.29. The van der Waals surface area contributed by atoms with Crippen LogP contribution in [0.5, 0.6) is 0 Å². The summed E-state index contributed by atoms with van der Waals surface area (Å²) in [5.74, 6) is -0.946. The second-order valence-corrected chi connectivity index (χ2v) is 4.65. The average Bonchev–Trinajstić information content (AvgIpc) is 2.35. The third kappa shape index (κ3) is 3.16. The number of nitrogen functional groups attached to an aromatic ring is 1. The number of anilines is 2. The summed E-state index contributed by atoms with van der Waals surface area (Å²) in [5, 5.41) is 3.04. The summed E-state index contributed by atoms with van der Waals surface area (Å²) < 4.78 is 12.9. The van der Waals surface area contributed by atoms with Crippen LogP contribution in [-0.4, -0.2) is 5.91 Å². The molecule has 0 atom stereocenters. The highest BCUT2D eigenvalue weighted by molar-refractivity contribution is 6.34. The van der Waals surface area contributed by atoms with E-state index in [1.165, 1.54) is 24.3 Å². The fourth-order valence-electron chi connectivity index (χ4n) is 1.51. The molecule has 3 nitrogen and oxygen atoms in total. The van der Waals surface area contributed by atoms with Crippen molar-refractivity contribution in [3.05, 3.63) is 57.8 Å². The molecule has 0 radical (unpaired) electrons. The van der Waals surface area contributed by atoms with Crippen molar-refractivity contribution in [1.29, 1.82) is 0 Å². The highest BCUT2D eigenvalue weighted by Crippen LogP contribution is 2.24. The van der Waals surface area contributed by atoms with E-state index in [-0.39, 0.29) is 10.6 Å². The predicted octanol–water partition coefficient (Wildman–Crippen LogP) is 3.97. The number of amides is 1. The van der Waals surface area contributed by atoms with Gasteiger partial charge in [-0.3, -0.25) is 4.79 Å². The highest BCUT2D eigenvalue weighted by atomic mass is 35.5. The molecule has 6 heteroatoms. The summed E-state index contributed by atoms with van der Waals surface area (Å²) in [7, 11) is 0. The molecule has 0 fully saturated rings. The van der Waals surface area contributed by atoms with E-state index in [0.29, 0.717) is 16.4 Å². The number of hydrogen-bond donors (Lipinski definition) is 2. The van der Waals surface area contributed by atoms with Gasteiger partial charge in [0.1, 0.15) is 5.82 Å². The molecule has 0 aliphatic carbocycles. The molecule has 98 valence electrons. The van der Waals surface area contributed by atoms with Gasteiger partial charge in [-0.15, -0.1) is 0 Å². The summed E-state index contributed by atoms with van der Waals surface area (Å²) in [6, 6.07) is 8.24. The van der Waals surface area contributed by atoms with Crippen molar-refractivity contribution in [2.24, 2.45) is 0 Å². The van der Waals surface area contributed by atoms with Crippen LogP contribution >= 0.6 is 23.2 Å². The van der Waals surface area contributed by atoms with E-state index in [1.807, 2.05) is 0 Å². The van der Waals surface area contributed by atoms with Crippen molar-refractivity contribution < 1.29 is 9.18 Å². The molecule has 2 rings (SSSR count). The standard InChI is InChI=1S/C13H9Cl2FN2O/c14-7-1-3-11(17)9(5-7)13(19)18-12-4-2-8(16)6-10(12)15/h1-6H,17H2,(H,18,19). The van der Waals surface area contributed by atoms with Crippen molar-refractivity contribution in [2.45, 2.75) is 0 Å². The quantitative estimate of drug-likeness (QED) is 0.824. The van der Waals surface area contributed by atoms with Gasteiger partial charge in [-0.2, -0.15) is 0 Å². The third-order valence-corrected chi connectivity index (χ3v) is 2.99. The lowest BCUT2D eigenvalue weighted by Crippen LogP contribution is -2.14. The minimum atomic E-state index is -0.481. The fraction of sp³-hybridized carbons (Fsp3) is 0. The minimum absolute atomic E-state index is 0.106. The molecule has 19 heavy (non-hydrogen) atoms. The maximum atomic E-state index is 12.9. The van der Waals surface area contributed by atoms with Crippen molar-refractivity contribution in [3.8, 4) is 0 Å². The van der Waals surface area contributed by atoms with Crippen LogP contribution in [-0.2, 0) is 0 Å². The molecular weight excluding hydrogens is 290 g/mol. The number of hydrogen-bond acceptors (Lipinski definition) is 2. The Morgan fingerprint density at radius 2 is 1.89 bits per heavy atom. The van der Waals surface area contributed by atoms with Crippen molar-refractivity contribution >= 4 is 40.5 Å². The SMILES string of the molecule is Nc1ccc(Cl)cc1C(=O)Nc1ccc(F)cc1Cl. The van der Waals surface area contributed by atoms with Gasteiger partial charge in [-0.05, 0) is 36.4 Å². The van der Waals surface area contributed by atoms with Gasteiger partial charge in [-0.25, -0.2) is 4.39 Å². The Kier molecular flexibility index (Phi) is 3.93. The molecule has 0 aromatic heterocycles. The summed E-state index contributed by atoms with van der Waals surface area (Å²) in [6.45, 7) is 0. The van der Waals surface area contributed by atoms with E-state index in [2.05, 4.69) is 5.32 Å². The second kappa shape index (κ2) is 5.47. The molecule has 0 saturated carbocycles. The van der Waals surface area contributed by atoms with E-state index in [1.54, 1.807) is 6.07 Å². The number of carbonyl (C=O) groups is 1. The molecule has 0 aliphatic rings. The average molecular weight is 299 g/mol. The molecule has 2 aromatic carbocycles. The first-order valence-corrected chi connectivity index (χ1v) is 6.04. The smallest absolute Gasteiger partial charge is 0.257 e. The topological polar surface area (TPSA) is 55.1 Å². The number of halogens is 3. The number of nitrogens with one attached hydrogen (secondary N) is 1. The van der Waals surface area contributed by atoms with Crippen molar-refractivity contribution in [1.82, 2.24) is 0 Å². The zero-order valence-corrected chi connectivity index (χ0v) is 11.1. The second-order valence-electron chi connectivity index (χ2n) is 3.81. The van der Waals surface area contributed by atoms with E-state index >= 15 is 0 Å². The maximum absolute atomic E-state index is 12.9. The van der Waals surface area contributed by atoms with Gasteiger partial charge in [0.25, 0.3) is 5.91 Å². The lowest BCUT2D eigenvalue weighted by Gasteiger charge is -2.09. The molecule has 2 aromatic rings. The summed E-state index contributed by atoms with van der Waals surface area (Å²) in [4.78, 5) is 12.0. The largest absolute Gasteiger partial charge is 0.398 e. The molecule has 3 N–H and O–H groups in total. The molecule has 0 saturated heterocycles. The van der Waals surface area contributed by atoms with E-state index in [0.717, 1.165) is 6.07 Å². The first-order chi connectivity index (χ1) is 8.97. The molecule has 0 bridgehead atoms. The fourth-order valence-corrected chi connectivity index (χ4v) is 1.89. The minimum Gasteiger partial charge on any atom is -0.398 e. The first kappa shape index (κ1) is 13.6. The van der Waals surface area contributed by atoms with Gasteiger partial charge >= 0.3 is 0 Å². The van der Waals surface area contributed by atoms with Crippen LogP contribution < -0.4 is 11.1 Å². The lowest BCUT2D eigenvalue weighted by atomic mass is 10.1. The third-order valence-electron chi connectivity index (χ3n) is 2.44. The zero-order valence-electron chi connectivity index (χ0n) is 9.58. The summed E-state index contributed by atoms with van der Waals surface area (Å²) >= 11 is 11.6. The summed E-state index contributed by atoms with van der Waals surface area (Å²) in [6.07, 6.45) is 0. The Balaban J connectivity index is 2.28. The number of rotatable bonds is 2. The molecule has 0 heterocycles. The van der Waals surface area contributed by atoms with Crippen LogP contribution in [0.2, 0.25) is 10.0 Å². The maximum Gasteiger partial charge on any atom is 0.257 e. The van der Waals surface area contributed by atoms with Crippen LogP contribution in [0.4, 0.5) is 15.8 Å². The Bertz CT molecular complexity index is 647. The Labute approximate surface area is 119 Å². The van der Waals surface area contributed by atoms with Crippen LogP contribution in [0.3, 0.4) is 0 Å². The number of benzene rings is 2. The lowest BCUT2D eigenvalue weighted by molar-refractivity contribution is 0.102. The van der Waals surface area contributed by atoms with Crippen LogP contribution in [0, 0.1) is 5.82 Å². The molecular formula is C13H9Cl2FN2O. The van der Waals surface area contributed by atoms with Crippen LogP contribution in [0.25, 0.3) is 0 Å². The van der Waals surface area contributed by atoms with Gasteiger partial charge in [-0.1, -0.05) is 23.2 Å². The zero-order chi connectivity index (χ0) is 14.0. The Morgan fingerprint density at radius 3 is 2.58 bits per heavy atom. The molecule has 0 spiro atoms. The Morgan fingerprint density at radius 1 is 1.16 bits per heavy atom. The van der Waals surface area contributed by atoms with E-state index in [9.17, 15) is 9.18 Å². The van der Waals surface area contributed by atoms with Crippen LogP contribution in [0.15, 0.2) is 36.4 Å². The summed E-state index contributed by atoms with van der Waals surface area (Å²) in [5.41, 5.74) is 6.51. The predicted molar refractivity (Wildman–Crippen MR) is 75.2 cm³/mol. The highest BCUT2D eigenvalue weighted by Gasteiger charge is 2.12. The normalized spacial score (nSPS) is 10.3. The van der Waals surface area contributed by atoms with Crippen molar-refractivity contribution in [3.63, 3.8) is 0 Å². The molecule has 1 amide bonds. The van der Waals surface area contributed by atoms with E-state index in [4.69, 9.17) is 28.9 Å². The number of nitrogens with two attached hydrogens (primary N) is 1. The van der Waals surface area contributed by atoms with Gasteiger partial charge < -0.3 is 11.1 Å². The van der Waals surface area contributed by atoms with Gasteiger partial charge in [0.05, 0.1) is 16.3 Å². The van der Waals surface area contributed by atoms with Gasteiger partial charge in [0, 0.05) is 10.7 Å². The van der Waals surface area contributed by atoms with Crippen LogP contribution in [0.1, 0.15) is 10.4 Å².